The lowest BCUT2D eigenvalue weighted by atomic mass is 10.1. The number of nitrogens with two attached hydrogens (primary N) is 1. The molecule has 0 aliphatic heterocycles. The molecule has 1 amide bonds. The molecule has 0 aliphatic carbocycles. The number of benzene rings is 1. The van der Waals surface area contributed by atoms with Crippen molar-refractivity contribution in [2.45, 2.75) is 25.7 Å². The van der Waals surface area contributed by atoms with Crippen molar-refractivity contribution >= 4 is 5.91 Å². The van der Waals surface area contributed by atoms with Gasteiger partial charge in [0.2, 0.25) is 5.91 Å². The highest BCUT2D eigenvalue weighted by molar-refractivity contribution is 5.77. The fourth-order valence-electron chi connectivity index (χ4n) is 2.38. The summed E-state index contributed by atoms with van der Waals surface area (Å²) in [4.78, 5) is 13.0. The SMILES string of the molecule is CN(CCCCCc1cc(-c2ccc(F)cc2)n[nH]1)C(=O)CN. The second kappa shape index (κ2) is 8.43. The molecule has 6 heteroatoms. The third-order valence-electron chi connectivity index (χ3n) is 3.81. The number of halogens is 1. The molecule has 2 rings (SSSR count). The minimum Gasteiger partial charge on any atom is -0.345 e. The molecule has 0 fully saturated rings. The van der Waals surface area contributed by atoms with Crippen LogP contribution in [0, 0.1) is 5.82 Å². The molecule has 0 spiro atoms. The summed E-state index contributed by atoms with van der Waals surface area (Å²) in [5.41, 5.74) is 8.11. The van der Waals surface area contributed by atoms with E-state index in [4.69, 9.17) is 5.73 Å². The van der Waals surface area contributed by atoms with E-state index >= 15 is 0 Å². The first-order chi connectivity index (χ1) is 11.1. The minimum absolute atomic E-state index is 0.0255. The number of aromatic nitrogens is 2. The van der Waals surface area contributed by atoms with Crippen LogP contribution in [0.3, 0.4) is 0 Å². The molecule has 1 aromatic heterocycles. The molecule has 0 bridgehead atoms. The van der Waals surface area contributed by atoms with Gasteiger partial charge in [-0.15, -0.1) is 0 Å². The monoisotopic (exact) mass is 318 g/mol. The van der Waals surface area contributed by atoms with Crippen molar-refractivity contribution in [1.82, 2.24) is 15.1 Å². The summed E-state index contributed by atoms with van der Waals surface area (Å²) in [6.07, 6.45) is 3.92. The molecule has 124 valence electrons. The lowest BCUT2D eigenvalue weighted by Crippen LogP contribution is -2.33. The number of hydrogen-bond acceptors (Lipinski definition) is 3. The maximum absolute atomic E-state index is 12.9. The molecule has 1 heterocycles. The van der Waals surface area contributed by atoms with Crippen LogP contribution in [-0.2, 0) is 11.2 Å². The van der Waals surface area contributed by atoms with Crippen LogP contribution in [0.2, 0.25) is 0 Å². The standard InChI is InChI=1S/C17H23FN4O/c1-22(17(23)12-19)10-4-2-3-5-15-11-16(21-20-15)13-6-8-14(18)9-7-13/h6-9,11H,2-5,10,12,19H2,1H3,(H,20,21). The van der Waals surface area contributed by atoms with Gasteiger partial charge in [0.1, 0.15) is 5.82 Å². The van der Waals surface area contributed by atoms with Gasteiger partial charge in [-0.2, -0.15) is 5.10 Å². The molecule has 5 nitrogen and oxygen atoms in total. The summed E-state index contributed by atoms with van der Waals surface area (Å²) in [5, 5.41) is 7.28. The van der Waals surface area contributed by atoms with Gasteiger partial charge in [0, 0.05) is 24.8 Å². The van der Waals surface area contributed by atoms with Gasteiger partial charge in [-0.25, -0.2) is 4.39 Å². The number of carbonyl (C=O) groups is 1. The molecule has 0 atom stereocenters. The van der Waals surface area contributed by atoms with Crippen LogP contribution in [0.4, 0.5) is 4.39 Å². The second-order valence-electron chi connectivity index (χ2n) is 5.62. The Morgan fingerprint density at radius 3 is 2.70 bits per heavy atom. The maximum atomic E-state index is 12.9. The van der Waals surface area contributed by atoms with E-state index in [-0.39, 0.29) is 18.3 Å². The quantitative estimate of drug-likeness (QED) is 0.734. The van der Waals surface area contributed by atoms with Gasteiger partial charge in [0.05, 0.1) is 12.2 Å². The Balaban J connectivity index is 1.73. The Hall–Kier alpha value is -2.21. The van der Waals surface area contributed by atoms with Gasteiger partial charge in [0.25, 0.3) is 0 Å². The maximum Gasteiger partial charge on any atom is 0.236 e. The molecule has 23 heavy (non-hydrogen) atoms. The van der Waals surface area contributed by atoms with Crippen LogP contribution in [0.5, 0.6) is 0 Å². The number of aryl methyl sites for hydroxylation is 1. The largest absolute Gasteiger partial charge is 0.345 e. The van der Waals surface area contributed by atoms with Crippen LogP contribution in [-0.4, -0.2) is 41.1 Å². The van der Waals surface area contributed by atoms with Gasteiger partial charge in [-0.05, 0) is 49.6 Å². The van der Waals surface area contributed by atoms with Crippen molar-refractivity contribution in [3.8, 4) is 11.3 Å². The summed E-state index contributed by atoms with van der Waals surface area (Å²) >= 11 is 0. The number of aromatic amines is 1. The van der Waals surface area contributed by atoms with E-state index in [1.165, 1.54) is 12.1 Å². The zero-order valence-electron chi connectivity index (χ0n) is 13.4. The molecular formula is C17H23FN4O. The van der Waals surface area contributed by atoms with Crippen molar-refractivity contribution in [1.29, 1.82) is 0 Å². The fraction of sp³-hybridized carbons (Fsp3) is 0.412. The predicted molar refractivity (Wildman–Crippen MR) is 88.2 cm³/mol. The number of likely N-dealkylation sites (N-methyl/N-ethyl adjacent to an activating group) is 1. The minimum atomic E-state index is -0.248. The number of nitrogens with one attached hydrogen (secondary N) is 1. The van der Waals surface area contributed by atoms with Crippen molar-refractivity contribution in [3.05, 3.63) is 41.8 Å². The van der Waals surface area contributed by atoms with Crippen LogP contribution in [0.15, 0.2) is 30.3 Å². The zero-order chi connectivity index (χ0) is 16.7. The zero-order valence-corrected chi connectivity index (χ0v) is 13.4. The highest BCUT2D eigenvalue weighted by Gasteiger charge is 2.06. The topological polar surface area (TPSA) is 75.0 Å². The lowest BCUT2D eigenvalue weighted by Gasteiger charge is -2.15. The summed E-state index contributed by atoms with van der Waals surface area (Å²) in [5.74, 6) is -0.273. The molecule has 1 aromatic carbocycles. The van der Waals surface area contributed by atoms with Gasteiger partial charge in [-0.3, -0.25) is 9.89 Å². The van der Waals surface area contributed by atoms with Crippen molar-refractivity contribution in [3.63, 3.8) is 0 Å². The van der Waals surface area contributed by atoms with Crippen LogP contribution >= 0.6 is 0 Å². The van der Waals surface area contributed by atoms with E-state index in [0.29, 0.717) is 0 Å². The predicted octanol–water partition coefficient (Wildman–Crippen LogP) is 2.35. The molecule has 0 radical (unpaired) electrons. The molecule has 3 N–H and O–H groups in total. The van der Waals surface area contributed by atoms with Crippen molar-refractivity contribution < 1.29 is 9.18 Å². The van der Waals surface area contributed by atoms with Gasteiger partial charge in [0.15, 0.2) is 0 Å². The number of hydrogen-bond donors (Lipinski definition) is 2. The molecule has 0 aliphatic rings. The van der Waals surface area contributed by atoms with E-state index in [9.17, 15) is 9.18 Å². The first kappa shape index (κ1) is 17.1. The Kier molecular flexibility index (Phi) is 6.29. The lowest BCUT2D eigenvalue weighted by molar-refractivity contribution is -0.128. The fourth-order valence-corrected chi connectivity index (χ4v) is 2.38. The number of H-pyrrole nitrogens is 1. The van der Waals surface area contributed by atoms with Crippen LogP contribution in [0.1, 0.15) is 25.0 Å². The van der Waals surface area contributed by atoms with Gasteiger partial charge < -0.3 is 10.6 Å². The Bertz CT molecular complexity index is 624. The van der Waals surface area contributed by atoms with E-state index < -0.39 is 0 Å². The average Bonchev–Trinajstić information content (AvgIpc) is 3.03. The van der Waals surface area contributed by atoms with E-state index in [2.05, 4.69) is 10.2 Å². The molecular weight excluding hydrogens is 295 g/mol. The second-order valence-corrected chi connectivity index (χ2v) is 5.62. The Morgan fingerprint density at radius 2 is 2.00 bits per heavy atom. The first-order valence-corrected chi connectivity index (χ1v) is 7.84. The highest BCUT2D eigenvalue weighted by Crippen LogP contribution is 2.18. The van der Waals surface area contributed by atoms with E-state index in [1.807, 2.05) is 6.07 Å². The number of amides is 1. The Morgan fingerprint density at radius 1 is 1.26 bits per heavy atom. The summed E-state index contributed by atoms with van der Waals surface area (Å²) in [7, 11) is 1.78. The first-order valence-electron chi connectivity index (χ1n) is 7.84. The molecule has 0 saturated carbocycles. The number of carbonyl (C=O) groups excluding carboxylic acids is 1. The summed E-state index contributed by atoms with van der Waals surface area (Å²) in [6, 6.07) is 8.31. The summed E-state index contributed by atoms with van der Waals surface area (Å²) < 4.78 is 12.9. The van der Waals surface area contributed by atoms with E-state index in [1.54, 1.807) is 24.1 Å². The molecule has 2 aromatic rings. The smallest absolute Gasteiger partial charge is 0.236 e. The van der Waals surface area contributed by atoms with Gasteiger partial charge >= 0.3 is 0 Å². The normalized spacial score (nSPS) is 10.7. The average molecular weight is 318 g/mol. The van der Waals surface area contributed by atoms with Gasteiger partial charge in [-0.1, -0.05) is 6.42 Å². The van der Waals surface area contributed by atoms with Crippen molar-refractivity contribution in [2.24, 2.45) is 5.73 Å². The third kappa shape index (κ3) is 5.17. The Labute approximate surface area is 135 Å². The third-order valence-corrected chi connectivity index (χ3v) is 3.81. The number of nitrogens with zero attached hydrogens (tertiary/aromatic N) is 2. The van der Waals surface area contributed by atoms with Crippen molar-refractivity contribution in [2.75, 3.05) is 20.1 Å². The van der Waals surface area contributed by atoms with Crippen LogP contribution < -0.4 is 5.73 Å². The number of rotatable bonds is 8. The molecule has 0 saturated heterocycles. The van der Waals surface area contributed by atoms with Crippen LogP contribution in [0.25, 0.3) is 11.3 Å². The number of unbranched alkanes of at least 4 members (excludes halogenated alkanes) is 2. The highest BCUT2D eigenvalue weighted by atomic mass is 19.1. The van der Waals surface area contributed by atoms with E-state index in [0.717, 1.165) is 49.2 Å². The summed E-state index contributed by atoms with van der Waals surface area (Å²) in [6.45, 7) is 0.802. The molecule has 0 unspecified atom stereocenters.